The standard InChI is InChI=1S/C21H29N3O3/c1-4-5-14-27-17-8-6-16(7-9-17)12-13-23-21(22)24-19-15-18(25-2)10-11-20(19)26-3/h6-11,15H,4-5,12-14H2,1-3H3,(H3,22,23,24). The molecule has 0 aliphatic carbocycles. The second-order valence-corrected chi connectivity index (χ2v) is 6.05. The fraction of sp³-hybridized carbons (Fsp3) is 0.381. The van der Waals surface area contributed by atoms with Gasteiger partial charge in [0.15, 0.2) is 5.96 Å². The van der Waals surface area contributed by atoms with E-state index >= 15 is 0 Å². The molecule has 3 N–H and O–H groups in total. The fourth-order valence-corrected chi connectivity index (χ4v) is 2.48. The predicted octanol–water partition coefficient (Wildman–Crippen LogP) is 3.85. The molecular formula is C21H29N3O3. The molecule has 0 aliphatic rings. The quantitative estimate of drug-likeness (QED) is 0.377. The van der Waals surface area contributed by atoms with Gasteiger partial charge in [-0.3, -0.25) is 4.99 Å². The summed E-state index contributed by atoms with van der Waals surface area (Å²) >= 11 is 0. The van der Waals surface area contributed by atoms with Crippen molar-refractivity contribution >= 4 is 11.6 Å². The number of guanidine groups is 1. The van der Waals surface area contributed by atoms with Gasteiger partial charge in [0.05, 0.1) is 26.5 Å². The molecule has 0 aromatic heterocycles. The number of nitrogens with one attached hydrogen (secondary N) is 1. The highest BCUT2D eigenvalue weighted by Crippen LogP contribution is 2.28. The first-order chi connectivity index (χ1) is 13.2. The summed E-state index contributed by atoms with van der Waals surface area (Å²) in [7, 11) is 3.22. The molecular weight excluding hydrogens is 342 g/mol. The lowest BCUT2D eigenvalue weighted by Crippen LogP contribution is -2.23. The van der Waals surface area contributed by atoms with Crippen molar-refractivity contribution in [1.29, 1.82) is 0 Å². The first kappa shape index (κ1) is 20.4. The van der Waals surface area contributed by atoms with Crippen LogP contribution in [0.4, 0.5) is 5.69 Å². The van der Waals surface area contributed by atoms with Gasteiger partial charge in [0.2, 0.25) is 0 Å². The normalized spacial score (nSPS) is 11.1. The van der Waals surface area contributed by atoms with E-state index in [0.29, 0.717) is 29.7 Å². The number of nitrogens with two attached hydrogens (primary N) is 1. The Morgan fingerprint density at radius 1 is 1.04 bits per heavy atom. The highest BCUT2D eigenvalue weighted by Gasteiger charge is 2.06. The lowest BCUT2D eigenvalue weighted by atomic mass is 10.1. The van der Waals surface area contributed by atoms with Crippen LogP contribution < -0.4 is 25.3 Å². The number of hydrogen-bond donors (Lipinski definition) is 2. The van der Waals surface area contributed by atoms with Crippen LogP contribution in [0.15, 0.2) is 47.5 Å². The van der Waals surface area contributed by atoms with Gasteiger partial charge >= 0.3 is 0 Å². The lowest BCUT2D eigenvalue weighted by molar-refractivity contribution is 0.309. The Labute approximate surface area is 161 Å². The second-order valence-electron chi connectivity index (χ2n) is 6.05. The molecule has 0 amide bonds. The average molecular weight is 371 g/mol. The van der Waals surface area contributed by atoms with Crippen LogP contribution in [0.25, 0.3) is 0 Å². The van der Waals surface area contributed by atoms with Crippen LogP contribution in [0, 0.1) is 0 Å². The maximum absolute atomic E-state index is 6.00. The molecule has 146 valence electrons. The van der Waals surface area contributed by atoms with Crippen LogP contribution in [0.5, 0.6) is 17.2 Å². The summed E-state index contributed by atoms with van der Waals surface area (Å²) in [6, 6.07) is 13.6. The summed E-state index contributed by atoms with van der Waals surface area (Å²) in [5.41, 5.74) is 7.90. The maximum Gasteiger partial charge on any atom is 0.193 e. The van der Waals surface area contributed by atoms with Gasteiger partial charge in [-0.1, -0.05) is 25.5 Å². The number of unbranched alkanes of at least 4 members (excludes halogenated alkanes) is 1. The minimum absolute atomic E-state index is 0.334. The van der Waals surface area contributed by atoms with E-state index in [9.17, 15) is 0 Å². The van der Waals surface area contributed by atoms with E-state index in [1.807, 2.05) is 30.3 Å². The minimum atomic E-state index is 0.334. The van der Waals surface area contributed by atoms with Gasteiger partial charge in [0, 0.05) is 12.6 Å². The minimum Gasteiger partial charge on any atom is -0.497 e. The lowest BCUT2D eigenvalue weighted by Gasteiger charge is -2.12. The highest BCUT2D eigenvalue weighted by atomic mass is 16.5. The molecule has 0 aliphatic heterocycles. The summed E-state index contributed by atoms with van der Waals surface area (Å²) in [6.07, 6.45) is 3.00. The Bertz CT molecular complexity index is 730. The number of methoxy groups -OCH3 is 2. The molecule has 2 rings (SSSR count). The van der Waals surface area contributed by atoms with E-state index < -0.39 is 0 Å². The summed E-state index contributed by atoms with van der Waals surface area (Å²) in [5, 5.41) is 3.06. The van der Waals surface area contributed by atoms with Gasteiger partial charge in [-0.25, -0.2) is 0 Å². The van der Waals surface area contributed by atoms with Crippen molar-refractivity contribution in [2.24, 2.45) is 10.7 Å². The van der Waals surface area contributed by atoms with Gasteiger partial charge in [-0.2, -0.15) is 0 Å². The number of hydrogen-bond acceptors (Lipinski definition) is 4. The molecule has 0 unspecified atom stereocenters. The van der Waals surface area contributed by atoms with E-state index in [-0.39, 0.29) is 0 Å². The van der Waals surface area contributed by atoms with Gasteiger partial charge < -0.3 is 25.3 Å². The fourth-order valence-electron chi connectivity index (χ4n) is 2.48. The Balaban J connectivity index is 1.87. The smallest absolute Gasteiger partial charge is 0.193 e. The van der Waals surface area contributed by atoms with Crippen LogP contribution >= 0.6 is 0 Å². The molecule has 6 heteroatoms. The average Bonchev–Trinajstić information content (AvgIpc) is 2.69. The molecule has 0 fully saturated rings. The van der Waals surface area contributed by atoms with Crippen molar-refractivity contribution in [1.82, 2.24) is 0 Å². The van der Waals surface area contributed by atoms with Crippen molar-refractivity contribution in [3.8, 4) is 17.2 Å². The van der Waals surface area contributed by atoms with Crippen molar-refractivity contribution in [2.75, 3.05) is 32.7 Å². The number of benzene rings is 2. The SMILES string of the molecule is CCCCOc1ccc(CCN=C(N)Nc2cc(OC)ccc2OC)cc1. The van der Waals surface area contributed by atoms with Gasteiger partial charge in [-0.15, -0.1) is 0 Å². The Morgan fingerprint density at radius 2 is 1.78 bits per heavy atom. The Hall–Kier alpha value is -2.89. The monoisotopic (exact) mass is 371 g/mol. The molecule has 0 radical (unpaired) electrons. The van der Waals surface area contributed by atoms with E-state index in [1.54, 1.807) is 14.2 Å². The number of nitrogens with zero attached hydrogens (tertiary/aromatic N) is 1. The molecule has 2 aromatic carbocycles. The zero-order chi connectivity index (χ0) is 19.5. The molecule has 27 heavy (non-hydrogen) atoms. The first-order valence-electron chi connectivity index (χ1n) is 9.17. The van der Waals surface area contributed by atoms with Crippen LogP contribution in [-0.4, -0.2) is 33.3 Å². The van der Waals surface area contributed by atoms with E-state index in [2.05, 4.69) is 29.4 Å². The zero-order valence-electron chi connectivity index (χ0n) is 16.3. The maximum atomic E-state index is 6.00. The van der Waals surface area contributed by atoms with Crippen molar-refractivity contribution in [3.63, 3.8) is 0 Å². The molecule has 2 aromatic rings. The third-order valence-corrected chi connectivity index (χ3v) is 4.04. The van der Waals surface area contributed by atoms with Gasteiger partial charge in [0.25, 0.3) is 0 Å². The number of ether oxygens (including phenoxy) is 3. The van der Waals surface area contributed by atoms with Crippen molar-refractivity contribution in [2.45, 2.75) is 26.2 Å². The highest BCUT2D eigenvalue weighted by molar-refractivity contribution is 5.94. The third-order valence-electron chi connectivity index (χ3n) is 4.04. The van der Waals surface area contributed by atoms with Crippen LogP contribution in [0.3, 0.4) is 0 Å². The molecule has 0 bridgehead atoms. The summed E-state index contributed by atoms with van der Waals surface area (Å²) in [5.74, 6) is 2.63. The largest absolute Gasteiger partial charge is 0.497 e. The molecule has 0 atom stereocenters. The van der Waals surface area contributed by atoms with E-state index in [4.69, 9.17) is 19.9 Å². The number of rotatable bonds is 10. The summed E-state index contributed by atoms with van der Waals surface area (Å²) < 4.78 is 16.2. The topological polar surface area (TPSA) is 78.1 Å². The first-order valence-corrected chi connectivity index (χ1v) is 9.17. The second kappa shape index (κ2) is 11.0. The van der Waals surface area contributed by atoms with Gasteiger partial charge in [-0.05, 0) is 42.7 Å². The number of aliphatic imine (C=N–C) groups is 1. The van der Waals surface area contributed by atoms with Crippen LogP contribution in [0.1, 0.15) is 25.3 Å². The zero-order valence-corrected chi connectivity index (χ0v) is 16.3. The summed E-state index contributed by atoms with van der Waals surface area (Å²) in [4.78, 5) is 4.38. The van der Waals surface area contributed by atoms with Crippen LogP contribution in [0.2, 0.25) is 0 Å². The molecule has 0 spiro atoms. The molecule has 0 saturated heterocycles. The Kier molecular flexibility index (Phi) is 8.29. The van der Waals surface area contributed by atoms with E-state index in [0.717, 1.165) is 31.6 Å². The predicted molar refractivity (Wildman–Crippen MR) is 110 cm³/mol. The summed E-state index contributed by atoms with van der Waals surface area (Å²) in [6.45, 7) is 3.50. The van der Waals surface area contributed by atoms with Gasteiger partial charge in [0.1, 0.15) is 17.2 Å². The molecule has 0 heterocycles. The number of anilines is 1. The molecule has 0 saturated carbocycles. The Morgan fingerprint density at radius 3 is 2.44 bits per heavy atom. The van der Waals surface area contributed by atoms with Crippen molar-refractivity contribution in [3.05, 3.63) is 48.0 Å². The van der Waals surface area contributed by atoms with Crippen LogP contribution in [-0.2, 0) is 6.42 Å². The third kappa shape index (κ3) is 6.73. The van der Waals surface area contributed by atoms with E-state index in [1.165, 1.54) is 5.56 Å². The molecule has 6 nitrogen and oxygen atoms in total. The van der Waals surface area contributed by atoms with Crippen molar-refractivity contribution < 1.29 is 14.2 Å².